The first-order valence-electron chi connectivity index (χ1n) is 4.29. The topological polar surface area (TPSA) is 27.1 Å². The van der Waals surface area contributed by atoms with Crippen LogP contribution in [0.3, 0.4) is 0 Å². The van der Waals surface area contributed by atoms with E-state index in [0.29, 0.717) is 0 Å². The van der Waals surface area contributed by atoms with Crippen LogP contribution in [-0.4, -0.2) is 16.7 Å². The standard InChI is InChI=1S/C11H11N2O/c1-9-3-4-11(14-2)10(7-9)13-6-5-12-8-13/h3-8H,1H2,2H3. The summed E-state index contributed by atoms with van der Waals surface area (Å²) in [4.78, 5) is 3.99. The summed E-state index contributed by atoms with van der Waals surface area (Å²) in [6.07, 6.45) is 5.34. The maximum Gasteiger partial charge on any atom is 0.142 e. The van der Waals surface area contributed by atoms with Gasteiger partial charge in [0, 0.05) is 12.4 Å². The summed E-state index contributed by atoms with van der Waals surface area (Å²) in [6.45, 7) is 3.88. The van der Waals surface area contributed by atoms with Crippen LogP contribution < -0.4 is 4.74 Å². The van der Waals surface area contributed by atoms with Crippen LogP contribution in [0.15, 0.2) is 36.9 Å². The monoisotopic (exact) mass is 187 g/mol. The summed E-state index contributed by atoms with van der Waals surface area (Å²) in [5.41, 5.74) is 1.91. The van der Waals surface area contributed by atoms with E-state index >= 15 is 0 Å². The summed E-state index contributed by atoms with van der Waals surface area (Å²) in [6, 6.07) is 5.78. The Morgan fingerprint density at radius 1 is 1.43 bits per heavy atom. The number of imidazole rings is 1. The molecule has 0 atom stereocenters. The average molecular weight is 187 g/mol. The third kappa shape index (κ3) is 1.48. The fourth-order valence-electron chi connectivity index (χ4n) is 1.34. The van der Waals surface area contributed by atoms with Gasteiger partial charge in [0.25, 0.3) is 0 Å². The third-order valence-corrected chi connectivity index (χ3v) is 2.03. The number of ether oxygens (including phenoxy) is 1. The number of hydrogen-bond donors (Lipinski definition) is 0. The highest BCUT2D eigenvalue weighted by Gasteiger charge is 2.03. The van der Waals surface area contributed by atoms with Gasteiger partial charge in [0.1, 0.15) is 5.75 Å². The molecule has 0 amide bonds. The summed E-state index contributed by atoms with van der Waals surface area (Å²) in [5, 5.41) is 0. The molecule has 0 aliphatic carbocycles. The van der Waals surface area contributed by atoms with Crippen molar-refractivity contribution in [3.63, 3.8) is 0 Å². The smallest absolute Gasteiger partial charge is 0.142 e. The molecule has 1 aromatic heterocycles. The molecule has 14 heavy (non-hydrogen) atoms. The first-order chi connectivity index (χ1) is 6.81. The summed E-state index contributed by atoms with van der Waals surface area (Å²) >= 11 is 0. The van der Waals surface area contributed by atoms with Gasteiger partial charge in [-0.1, -0.05) is 6.07 Å². The van der Waals surface area contributed by atoms with Crippen LogP contribution in [0.25, 0.3) is 5.69 Å². The van der Waals surface area contributed by atoms with Gasteiger partial charge in [-0.15, -0.1) is 0 Å². The maximum absolute atomic E-state index is 5.25. The second-order valence-corrected chi connectivity index (χ2v) is 2.98. The van der Waals surface area contributed by atoms with Crippen LogP contribution in [0.4, 0.5) is 0 Å². The van der Waals surface area contributed by atoms with Gasteiger partial charge in [0.2, 0.25) is 0 Å². The molecule has 0 aliphatic heterocycles. The molecular weight excluding hydrogens is 176 g/mol. The zero-order valence-corrected chi connectivity index (χ0v) is 7.97. The number of rotatable bonds is 2. The molecule has 0 aliphatic rings. The van der Waals surface area contributed by atoms with Gasteiger partial charge < -0.3 is 9.30 Å². The molecule has 2 aromatic rings. The predicted molar refractivity (Wildman–Crippen MR) is 54.6 cm³/mol. The fourth-order valence-corrected chi connectivity index (χ4v) is 1.34. The van der Waals surface area contributed by atoms with Crippen LogP contribution in [0, 0.1) is 6.92 Å². The van der Waals surface area contributed by atoms with Crippen molar-refractivity contribution >= 4 is 0 Å². The Labute approximate surface area is 83.0 Å². The molecular formula is C11H11N2O. The van der Waals surface area contributed by atoms with Crippen molar-refractivity contribution in [1.29, 1.82) is 0 Å². The largest absolute Gasteiger partial charge is 0.495 e. The van der Waals surface area contributed by atoms with Crippen LogP contribution >= 0.6 is 0 Å². The van der Waals surface area contributed by atoms with Gasteiger partial charge in [-0.25, -0.2) is 4.98 Å². The van der Waals surface area contributed by atoms with Crippen molar-refractivity contribution < 1.29 is 4.74 Å². The highest BCUT2D eigenvalue weighted by Crippen LogP contribution is 2.23. The van der Waals surface area contributed by atoms with Crippen molar-refractivity contribution in [1.82, 2.24) is 9.55 Å². The molecule has 3 nitrogen and oxygen atoms in total. The lowest BCUT2D eigenvalue weighted by molar-refractivity contribution is 0.413. The number of nitrogens with zero attached hydrogens (tertiary/aromatic N) is 2. The van der Waals surface area contributed by atoms with Gasteiger partial charge in [-0.05, 0) is 24.6 Å². The normalized spacial score (nSPS) is 10.1. The van der Waals surface area contributed by atoms with E-state index in [1.807, 2.05) is 29.0 Å². The van der Waals surface area contributed by atoms with Crippen molar-refractivity contribution in [3.8, 4) is 11.4 Å². The van der Waals surface area contributed by atoms with E-state index in [0.717, 1.165) is 17.0 Å². The van der Waals surface area contributed by atoms with Crippen molar-refractivity contribution in [2.24, 2.45) is 0 Å². The highest BCUT2D eigenvalue weighted by atomic mass is 16.5. The lowest BCUT2D eigenvalue weighted by Gasteiger charge is -2.09. The van der Waals surface area contributed by atoms with Gasteiger partial charge in [-0.3, -0.25) is 0 Å². The van der Waals surface area contributed by atoms with Crippen LogP contribution in [-0.2, 0) is 0 Å². The Morgan fingerprint density at radius 2 is 2.29 bits per heavy atom. The minimum Gasteiger partial charge on any atom is -0.495 e. The molecule has 0 bridgehead atoms. The summed E-state index contributed by atoms with van der Waals surface area (Å²) in [7, 11) is 1.65. The second-order valence-electron chi connectivity index (χ2n) is 2.98. The molecule has 0 spiro atoms. The molecule has 71 valence electrons. The Hall–Kier alpha value is -1.77. The highest BCUT2D eigenvalue weighted by molar-refractivity contribution is 5.49. The van der Waals surface area contributed by atoms with Crippen molar-refractivity contribution in [3.05, 3.63) is 49.4 Å². The van der Waals surface area contributed by atoms with Crippen molar-refractivity contribution in [2.45, 2.75) is 0 Å². The van der Waals surface area contributed by atoms with Gasteiger partial charge in [0.15, 0.2) is 0 Å². The maximum atomic E-state index is 5.25. The molecule has 1 aromatic carbocycles. The van der Waals surface area contributed by atoms with Crippen molar-refractivity contribution in [2.75, 3.05) is 7.11 Å². The predicted octanol–water partition coefficient (Wildman–Crippen LogP) is 2.06. The lowest BCUT2D eigenvalue weighted by atomic mass is 10.2. The third-order valence-electron chi connectivity index (χ3n) is 2.03. The summed E-state index contributed by atoms with van der Waals surface area (Å²) < 4.78 is 7.14. The molecule has 1 radical (unpaired) electrons. The van der Waals surface area contributed by atoms with E-state index in [2.05, 4.69) is 11.9 Å². The zero-order chi connectivity index (χ0) is 9.97. The Bertz CT molecular complexity index is 421. The van der Waals surface area contributed by atoms with E-state index in [4.69, 9.17) is 4.74 Å². The van der Waals surface area contributed by atoms with Gasteiger partial charge >= 0.3 is 0 Å². The first kappa shape index (κ1) is 8.81. The van der Waals surface area contributed by atoms with E-state index in [-0.39, 0.29) is 0 Å². The number of benzene rings is 1. The average Bonchev–Trinajstić information content (AvgIpc) is 2.70. The van der Waals surface area contributed by atoms with E-state index in [9.17, 15) is 0 Å². The quantitative estimate of drug-likeness (QED) is 0.719. The number of aromatic nitrogens is 2. The Balaban J connectivity index is 2.55. The van der Waals surface area contributed by atoms with Crippen LogP contribution in [0.1, 0.15) is 5.56 Å². The lowest BCUT2D eigenvalue weighted by Crippen LogP contribution is -1.95. The molecule has 0 unspecified atom stereocenters. The van der Waals surface area contributed by atoms with Crippen LogP contribution in [0.2, 0.25) is 0 Å². The molecule has 3 heteroatoms. The molecule has 1 heterocycles. The van der Waals surface area contributed by atoms with E-state index in [1.165, 1.54) is 0 Å². The summed E-state index contributed by atoms with van der Waals surface area (Å²) in [5.74, 6) is 0.815. The second kappa shape index (κ2) is 3.54. The Morgan fingerprint density at radius 3 is 2.93 bits per heavy atom. The zero-order valence-electron chi connectivity index (χ0n) is 7.97. The number of methoxy groups -OCH3 is 1. The Kier molecular flexibility index (Phi) is 2.23. The van der Waals surface area contributed by atoms with Crippen LogP contribution in [0.5, 0.6) is 5.75 Å². The molecule has 0 N–H and O–H groups in total. The molecule has 0 fully saturated rings. The molecule has 2 rings (SSSR count). The molecule has 0 saturated carbocycles. The minimum absolute atomic E-state index is 0.815. The van der Waals surface area contributed by atoms with Gasteiger partial charge in [-0.2, -0.15) is 0 Å². The van der Waals surface area contributed by atoms with Gasteiger partial charge in [0.05, 0.1) is 19.1 Å². The first-order valence-corrected chi connectivity index (χ1v) is 4.29. The minimum atomic E-state index is 0.815. The van der Waals surface area contributed by atoms with E-state index < -0.39 is 0 Å². The van der Waals surface area contributed by atoms with E-state index in [1.54, 1.807) is 19.6 Å². The number of hydrogen-bond acceptors (Lipinski definition) is 2. The fraction of sp³-hybridized carbons (Fsp3) is 0.0909. The SMILES string of the molecule is [CH2]c1ccc(OC)c(-n2ccnc2)c1. The molecule has 0 saturated heterocycles.